The summed E-state index contributed by atoms with van der Waals surface area (Å²) >= 11 is 11.9. The van der Waals surface area contributed by atoms with Crippen molar-refractivity contribution in [2.45, 2.75) is 64.1 Å². The average molecular weight is 500 g/mol. The van der Waals surface area contributed by atoms with Crippen molar-refractivity contribution in [3.05, 3.63) is 60.8 Å². The molecule has 180 valence electrons. The molecule has 3 rings (SSSR count). The summed E-state index contributed by atoms with van der Waals surface area (Å²) in [5.74, 6) is 0.0552. The van der Waals surface area contributed by atoms with E-state index in [2.05, 4.69) is 10.3 Å². The van der Waals surface area contributed by atoms with Crippen molar-refractivity contribution in [1.29, 1.82) is 0 Å². The van der Waals surface area contributed by atoms with Crippen LogP contribution >= 0.6 is 23.2 Å². The second-order valence-corrected chi connectivity index (χ2v) is 8.72. The number of aromatic amines is 1. The number of benzene rings is 1. The number of nitrogens with zero attached hydrogens (tertiary/aromatic N) is 1. The molecule has 2 aromatic rings. The molecule has 1 unspecified atom stereocenters. The lowest BCUT2D eigenvalue weighted by molar-refractivity contribution is -0.127. The van der Waals surface area contributed by atoms with Gasteiger partial charge >= 0.3 is 5.69 Å². The van der Waals surface area contributed by atoms with E-state index in [4.69, 9.17) is 32.7 Å². The molecular formula is C22H27Cl2N3O6. The van der Waals surface area contributed by atoms with Gasteiger partial charge in [0.2, 0.25) is 0 Å². The van der Waals surface area contributed by atoms with Crippen LogP contribution in [0.1, 0.15) is 44.9 Å². The number of hydrogen-bond acceptors (Lipinski definition) is 6. The summed E-state index contributed by atoms with van der Waals surface area (Å²) in [6, 6.07) is 4.76. The first kappa shape index (κ1) is 25.3. The highest BCUT2D eigenvalue weighted by Crippen LogP contribution is 2.30. The molecule has 1 aromatic carbocycles. The van der Waals surface area contributed by atoms with Crippen molar-refractivity contribution in [3.8, 4) is 5.75 Å². The zero-order valence-electron chi connectivity index (χ0n) is 18.3. The molecule has 1 aliphatic rings. The fourth-order valence-corrected chi connectivity index (χ4v) is 4.07. The number of rotatable bonds is 9. The number of aliphatic hydroxyl groups is 1. The largest absolute Gasteiger partial charge is 0.479 e. The van der Waals surface area contributed by atoms with Crippen molar-refractivity contribution < 1.29 is 19.4 Å². The number of nitrogens with one attached hydrogen (secondary N) is 2. The van der Waals surface area contributed by atoms with Crippen LogP contribution in [0.5, 0.6) is 5.75 Å². The third kappa shape index (κ3) is 6.38. The lowest BCUT2D eigenvalue weighted by Crippen LogP contribution is -2.37. The predicted molar refractivity (Wildman–Crippen MR) is 124 cm³/mol. The van der Waals surface area contributed by atoms with Crippen LogP contribution in [0.3, 0.4) is 0 Å². The Morgan fingerprint density at radius 2 is 2.15 bits per heavy atom. The van der Waals surface area contributed by atoms with Crippen LogP contribution in [0.15, 0.2) is 34.0 Å². The standard InChI is InChI=1S/C22H27Cl2N3O6/c1-3-13-11-27(22(31)26-21(13)30)19-10-16(28)18(33-19)5-4-8-25-20(29)12(2)32-17-7-6-14(23)9-15(17)24/h6-7,9,11-12,16,18-19,28H,3-5,8,10H2,1-2H3,(H,25,29)(H,26,30,31)/t12?,16-,18+,19+/m0/s1. The van der Waals surface area contributed by atoms with Gasteiger partial charge in [0, 0.05) is 29.7 Å². The van der Waals surface area contributed by atoms with E-state index in [0.717, 1.165) is 0 Å². The molecule has 3 N–H and O–H groups in total. The fourth-order valence-electron chi connectivity index (χ4n) is 3.61. The molecule has 0 aliphatic carbocycles. The average Bonchev–Trinajstić information content (AvgIpc) is 3.13. The van der Waals surface area contributed by atoms with E-state index in [1.807, 2.05) is 6.92 Å². The minimum absolute atomic E-state index is 0.235. The monoisotopic (exact) mass is 499 g/mol. The number of carbonyl (C=O) groups excluding carboxylic acids is 1. The minimum Gasteiger partial charge on any atom is -0.479 e. The summed E-state index contributed by atoms with van der Waals surface area (Å²) in [5, 5.41) is 13.9. The number of amides is 1. The first-order valence-corrected chi connectivity index (χ1v) is 11.5. The Morgan fingerprint density at radius 3 is 2.85 bits per heavy atom. The summed E-state index contributed by atoms with van der Waals surface area (Å²) in [5.41, 5.74) is -0.520. The number of H-pyrrole nitrogens is 1. The molecule has 0 spiro atoms. The summed E-state index contributed by atoms with van der Waals surface area (Å²) in [6.45, 7) is 3.79. The Bertz CT molecular complexity index is 1100. The first-order valence-electron chi connectivity index (χ1n) is 10.8. The Hall–Kier alpha value is -2.33. The second kappa shape index (κ2) is 11.2. The van der Waals surface area contributed by atoms with Gasteiger partial charge < -0.3 is 19.9 Å². The molecule has 0 bridgehead atoms. The van der Waals surface area contributed by atoms with Crippen molar-refractivity contribution in [2.24, 2.45) is 0 Å². The van der Waals surface area contributed by atoms with Crippen LogP contribution in [0, 0.1) is 0 Å². The lowest BCUT2D eigenvalue weighted by Gasteiger charge is -2.18. The topological polar surface area (TPSA) is 123 Å². The van der Waals surface area contributed by atoms with E-state index < -0.39 is 35.8 Å². The molecule has 1 amide bonds. The Kier molecular flexibility index (Phi) is 8.58. The van der Waals surface area contributed by atoms with Crippen molar-refractivity contribution in [3.63, 3.8) is 0 Å². The first-order chi connectivity index (χ1) is 15.7. The number of halogens is 2. The zero-order valence-corrected chi connectivity index (χ0v) is 19.9. The highest BCUT2D eigenvalue weighted by molar-refractivity contribution is 6.35. The molecule has 4 atom stereocenters. The number of aliphatic hydroxyl groups excluding tert-OH is 1. The van der Waals surface area contributed by atoms with Crippen LogP contribution in [-0.2, 0) is 16.0 Å². The molecule has 9 nitrogen and oxygen atoms in total. The number of hydrogen-bond donors (Lipinski definition) is 3. The van der Waals surface area contributed by atoms with Gasteiger partial charge in [-0.3, -0.25) is 19.1 Å². The maximum atomic E-state index is 12.3. The molecule has 33 heavy (non-hydrogen) atoms. The van der Waals surface area contributed by atoms with E-state index in [1.54, 1.807) is 19.1 Å². The molecule has 1 saturated heterocycles. The van der Waals surface area contributed by atoms with Crippen molar-refractivity contribution in [1.82, 2.24) is 14.9 Å². The molecule has 0 saturated carbocycles. The normalized spacial score (nSPS) is 21.1. The van der Waals surface area contributed by atoms with Crippen LogP contribution < -0.4 is 21.3 Å². The Balaban J connectivity index is 1.46. The quantitative estimate of drug-likeness (QED) is 0.455. The fraction of sp³-hybridized carbons (Fsp3) is 0.500. The third-order valence-corrected chi connectivity index (χ3v) is 6.00. The number of ether oxygens (including phenoxy) is 2. The van der Waals surface area contributed by atoms with Gasteiger partial charge in [-0.2, -0.15) is 0 Å². The van der Waals surface area contributed by atoms with Crippen LogP contribution in [0.25, 0.3) is 0 Å². The smallest absolute Gasteiger partial charge is 0.330 e. The Morgan fingerprint density at radius 1 is 1.39 bits per heavy atom. The van der Waals surface area contributed by atoms with Gasteiger partial charge in [-0.25, -0.2) is 4.79 Å². The summed E-state index contributed by atoms with van der Waals surface area (Å²) in [7, 11) is 0. The summed E-state index contributed by atoms with van der Waals surface area (Å²) in [6.07, 6.45) is 0.549. The van der Waals surface area contributed by atoms with Gasteiger partial charge in [-0.1, -0.05) is 30.1 Å². The van der Waals surface area contributed by atoms with E-state index in [0.29, 0.717) is 47.2 Å². The van der Waals surface area contributed by atoms with Crippen LogP contribution in [0.4, 0.5) is 0 Å². The molecule has 11 heteroatoms. The second-order valence-electron chi connectivity index (χ2n) is 7.87. The number of carbonyl (C=O) groups is 1. The van der Waals surface area contributed by atoms with Gasteiger partial charge in [0.05, 0.1) is 17.2 Å². The van der Waals surface area contributed by atoms with E-state index in [1.165, 1.54) is 16.8 Å². The highest BCUT2D eigenvalue weighted by Gasteiger charge is 2.35. The van der Waals surface area contributed by atoms with Crippen LogP contribution in [-0.4, -0.2) is 45.4 Å². The molecule has 1 aromatic heterocycles. The molecule has 2 heterocycles. The Labute approximate surface area is 200 Å². The molecular weight excluding hydrogens is 473 g/mol. The third-order valence-electron chi connectivity index (χ3n) is 5.47. The highest BCUT2D eigenvalue weighted by atomic mass is 35.5. The van der Waals surface area contributed by atoms with Crippen molar-refractivity contribution in [2.75, 3.05) is 6.54 Å². The van der Waals surface area contributed by atoms with Gasteiger partial charge in [0.1, 0.15) is 12.0 Å². The van der Waals surface area contributed by atoms with Gasteiger partial charge in [-0.15, -0.1) is 0 Å². The molecule has 1 fully saturated rings. The van der Waals surface area contributed by atoms with E-state index >= 15 is 0 Å². The minimum atomic E-state index is -0.763. The van der Waals surface area contributed by atoms with Crippen molar-refractivity contribution >= 4 is 29.1 Å². The number of aromatic nitrogens is 2. The van der Waals surface area contributed by atoms with E-state index in [9.17, 15) is 19.5 Å². The van der Waals surface area contributed by atoms with Crippen LogP contribution in [0.2, 0.25) is 10.0 Å². The number of aryl methyl sites for hydroxylation is 1. The maximum absolute atomic E-state index is 12.3. The maximum Gasteiger partial charge on any atom is 0.330 e. The SMILES string of the molecule is CCc1cn([C@H]2C[C@H](O)[C@@H](CCCNC(=O)C(C)Oc3ccc(Cl)cc3Cl)O2)c(=O)[nH]c1=O. The van der Waals surface area contributed by atoms with Gasteiger partial charge in [0.25, 0.3) is 11.5 Å². The molecule has 1 aliphatic heterocycles. The summed E-state index contributed by atoms with van der Waals surface area (Å²) < 4.78 is 12.8. The molecule has 0 radical (unpaired) electrons. The predicted octanol–water partition coefficient (Wildman–Crippen LogP) is 2.42. The summed E-state index contributed by atoms with van der Waals surface area (Å²) in [4.78, 5) is 38.5. The zero-order chi connectivity index (χ0) is 24.1. The van der Waals surface area contributed by atoms with E-state index in [-0.39, 0.29) is 12.3 Å². The van der Waals surface area contributed by atoms with Gasteiger partial charge in [0.15, 0.2) is 6.10 Å². The van der Waals surface area contributed by atoms with Gasteiger partial charge in [-0.05, 0) is 44.4 Å². The lowest BCUT2D eigenvalue weighted by atomic mass is 10.1.